The van der Waals surface area contributed by atoms with Crippen molar-refractivity contribution in [3.63, 3.8) is 0 Å². The summed E-state index contributed by atoms with van der Waals surface area (Å²) in [5, 5.41) is 11.6. The molecule has 7 nitrogen and oxygen atoms in total. The highest BCUT2D eigenvalue weighted by Gasteiger charge is 2.68. The monoisotopic (exact) mass is 600 g/mol. The average molecular weight is 601 g/mol. The zero-order valence-corrected chi connectivity index (χ0v) is 25.5. The van der Waals surface area contributed by atoms with E-state index in [-0.39, 0.29) is 35.8 Å². The lowest BCUT2D eigenvalue weighted by molar-refractivity contribution is -0.131. The zero-order chi connectivity index (χ0) is 31.6. The van der Waals surface area contributed by atoms with E-state index >= 15 is 0 Å². The van der Waals surface area contributed by atoms with Crippen LogP contribution in [0.3, 0.4) is 0 Å². The molecule has 0 spiro atoms. The minimum absolute atomic E-state index is 0.0657. The molecule has 4 amide bonds. The van der Waals surface area contributed by atoms with Crippen molar-refractivity contribution in [3.8, 4) is 5.75 Å². The fourth-order valence-electron chi connectivity index (χ4n) is 8.48. The van der Waals surface area contributed by atoms with Crippen LogP contribution in [0.25, 0.3) is 0 Å². The number of imide groups is 2. The molecule has 2 aliphatic heterocycles. The van der Waals surface area contributed by atoms with Crippen LogP contribution in [0.4, 0.5) is 11.4 Å². The van der Waals surface area contributed by atoms with E-state index in [4.69, 9.17) is 0 Å². The molecule has 3 aromatic carbocycles. The van der Waals surface area contributed by atoms with Crippen molar-refractivity contribution in [1.29, 1.82) is 0 Å². The number of para-hydroxylation sites is 2. The van der Waals surface area contributed by atoms with E-state index in [1.807, 2.05) is 61.5 Å². The Morgan fingerprint density at radius 3 is 2.27 bits per heavy atom. The molecule has 4 aliphatic rings. The van der Waals surface area contributed by atoms with Gasteiger partial charge in [0.25, 0.3) is 0 Å². The second-order valence-corrected chi connectivity index (χ2v) is 12.9. The number of aryl methyl sites for hydroxylation is 1. The van der Waals surface area contributed by atoms with E-state index in [9.17, 15) is 24.3 Å². The van der Waals surface area contributed by atoms with E-state index in [0.29, 0.717) is 35.3 Å². The van der Waals surface area contributed by atoms with Gasteiger partial charge in [-0.25, -0.2) is 4.90 Å². The van der Waals surface area contributed by atoms with Gasteiger partial charge in [-0.05, 0) is 73.9 Å². The first kappa shape index (κ1) is 29.0. The first-order chi connectivity index (χ1) is 21.7. The van der Waals surface area contributed by atoms with Gasteiger partial charge in [0, 0.05) is 11.5 Å². The number of benzene rings is 3. The molecular formula is C38H36N2O5. The quantitative estimate of drug-likeness (QED) is 0.272. The molecule has 2 heterocycles. The van der Waals surface area contributed by atoms with Crippen molar-refractivity contribution in [2.45, 2.75) is 45.4 Å². The van der Waals surface area contributed by atoms with Crippen LogP contribution in [0.15, 0.2) is 97.1 Å². The Hall–Kier alpha value is -4.78. The molecular weight excluding hydrogens is 564 g/mol. The summed E-state index contributed by atoms with van der Waals surface area (Å²) < 4.78 is 0. The number of aromatic hydroxyl groups is 1. The third-order valence-corrected chi connectivity index (χ3v) is 10.7. The highest BCUT2D eigenvalue weighted by atomic mass is 16.3. The molecule has 0 radical (unpaired) electrons. The number of allylic oxidation sites excluding steroid dienone is 3. The van der Waals surface area contributed by atoms with Gasteiger partial charge in [0.2, 0.25) is 23.6 Å². The lowest BCUT2D eigenvalue weighted by atomic mass is 9.51. The maximum atomic E-state index is 14.5. The molecule has 45 heavy (non-hydrogen) atoms. The Labute approximate surface area is 262 Å². The fourth-order valence-corrected chi connectivity index (χ4v) is 8.48. The number of rotatable bonds is 6. The molecule has 2 aliphatic carbocycles. The largest absolute Gasteiger partial charge is 0.507 e. The summed E-state index contributed by atoms with van der Waals surface area (Å²) in [4.78, 5) is 59.5. The molecule has 1 saturated carbocycles. The van der Waals surface area contributed by atoms with Crippen molar-refractivity contribution in [3.05, 3.63) is 114 Å². The summed E-state index contributed by atoms with van der Waals surface area (Å²) in [6, 6.07) is 21.9. The van der Waals surface area contributed by atoms with E-state index in [2.05, 4.69) is 13.5 Å². The number of nitrogens with zero attached hydrogens (tertiary/aromatic N) is 2. The molecule has 0 bridgehead atoms. The summed E-state index contributed by atoms with van der Waals surface area (Å²) in [6.45, 7) is 7.71. The first-order valence-electron chi connectivity index (χ1n) is 15.7. The van der Waals surface area contributed by atoms with E-state index in [1.165, 1.54) is 9.80 Å². The van der Waals surface area contributed by atoms with Gasteiger partial charge in [0.15, 0.2) is 0 Å². The van der Waals surface area contributed by atoms with Crippen molar-refractivity contribution in [1.82, 2.24) is 0 Å². The Kier molecular flexibility index (Phi) is 6.88. The van der Waals surface area contributed by atoms with Crippen LogP contribution in [-0.4, -0.2) is 28.7 Å². The minimum atomic E-state index is -1.21. The molecule has 1 N–H and O–H groups in total. The van der Waals surface area contributed by atoms with Crippen molar-refractivity contribution < 1.29 is 24.3 Å². The van der Waals surface area contributed by atoms with Crippen LogP contribution < -0.4 is 9.80 Å². The summed E-state index contributed by atoms with van der Waals surface area (Å²) in [7, 11) is 0. The molecule has 7 rings (SSSR count). The maximum absolute atomic E-state index is 14.5. The predicted octanol–water partition coefficient (Wildman–Crippen LogP) is 6.12. The van der Waals surface area contributed by atoms with Crippen molar-refractivity contribution in [2.75, 3.05) is 9.80 Å². The number of amides is 4. The van der Waals surface area contributed by atoms with Gasteiger partial charge in [-0.1, -0.05) is 73.2 Å². The van der Waals surface area contributed by atoms with Gasteiger partial charge >= 0.3 is 0 Å². The fraction of sp³-hybridized carbons (Fsp3) is 0.316. The second-order valence-electron chi connectivity index (χ2n) is 12.9. The first-order valence-corrected chi connectivity index (χ1v) is 15.7. The van der Waals surface area contributed by atoms with E-state index < -0.39 is 35.0 Å². The molecule has 3 fully saturated rings. The Bertz CT molecular complexity index is 1780. The Morgan fingerprint density at radius 2 is 1.58 bits per heavy atom. The molecule has 3 aromatic rings. The van der Waals surface area contributed by atoms with Crippen LogP contribution in [-0.2, 0) is 32.0 Å². The molecule has 6 atom stereocenters. The summed E-state index contributed by atoms with van der Waals surface area (Å²) in [5.41, 5.74) is 3.01. The number of hydrogen-bond donors (Lipinski definition) is 1. The molecule has 7 heteroatoms. The number of carbonyl (C=O) groups excluding carboxylic acids is 4. The van der Waals surface area contributed by atoms with Crippen LogP contribution in [0.1, 0.15) is 49.3 Å². The SMILES string of the molecule is C=CCc1cccc(C2C3=CCC4C(=O)N(c5ccc(CC)cc5)C(=O)C4C3CC3C(=O)N(c4ccccc4)C(=O)C32C)c1O. The number of carbonyl (C=O) groups is 4. The average Bonchev–Trinajstić information content (AvgIpc) is 3.42. The number of anilines is 2. The third-order valence-electron chi connectivity index (χ3n) is 10.7. The molecule has 2 saturated heterocycles. The Morgan fingerprint density at radius 1 is 0.867 bits per heavy atom. The van der Waals surface area contributed by atoms with Crippen molar-refractivity contribution >= 4 is 35.0 Å². The number of phenols is 1. The summed E-state index contributed by atoms with van der Waals surface area (Å²) in [5.74, 6) is -4.16. The van der Waals surface area contributed by atoms with Crippen LogP contribution >= 0.6 is 0 Å². The zero-order valence-electron chi connectivity index (χ0n) is 25.5. The van der Waals surface area contributed by atoms with E-state index in [0.717, 1.165) is 17.6 Å². The van der Waals surface area contributed by atoms with Gasteiger partial charge < -0.3 is 5.11 Å². The van der Waals surface area contributed by atoms with Gasteiger partial charge in [-0.2, -0.15) is 0 Å². The van der Waals surface area contributed by atoms with Gasteiger partial charge in [0.1, 0.15) is 5.75 Å². The smallest absolute Gasteiger partial charge is 0.241 e. The number of fused-ring (bicyclic) bond motifs is 4. The standard InChI is InChI=1S/C38H36N2O5/c1-4-10-23-11-9-14-28(33(23)41)32-26-19-20-27-31(36(44)39(34(27)42)25-17-15-22(5-2)16-18-25)29(26)21-30-35(43)40(37(45)38(30,32)3)24-12-7-6-8-13-24/h4,6-9,11-19,27,29-32,41H,1,5,10,20-21H2,2-3H3. The van der Waals surface area contributed by atoms with Gasteiger partial charge in [-0.3, -0.25) is 24.1 Å². The predicted molar refractivity (Wildman–Crippen MR) is 171 cm³/mol. The van der Waals surface area contributed by atoms with Crippen LogP contribution in [0.2, 0.25) is 0 Å². The van der Waals surface area contributed by atoms with E-state index in [1.54, 1.807) is 30.3 Å². The highest BCUT2D eigenvalue weighted by Crippen LogP contribution is 2.64. The molecule has 6 unspecified atom stereocenters. The molecule has 0 aromatic heterocycles. The van der Waals surface area contributed by atoms with Crippen LogP contribution in [0, 0.1) is 29.1 Å². The number of phenolic OH excluding ortho intramolecular Hbond substituents is 1. The van der Waals surface area contributed by atoms with Gasteiger partial charge in [-0.15, -0.1) is 6.58 Å². The highest BCUT2D eigenvalue weighted by molar-refractivity contribution is 6.25. The van der Waals surface area contributed by atoms with Crippen LogP contribution in [0.5, 0.6) is 5.75 Å². The lowest BCUT2D eigenvalue weighted by Gasteiger charge is -2.49. The Balaban J connectivity index is 1.37. The van der Waals surface area contributed by atoms with Crippen molar-refractivity contribution in [2.24, 2.45) is 29.1 Å². The normalized spacial score (nSPS) is 28.9. The maximum Gasteiger partial charge on any atom is 0.241 e. The number of hydrogen-bond acceptors (Lipinski definition) is 5. The van der Waals surface area contributed by atoms with Gasteiger partial charge in [0.05, 0.1) is 34.5 Å². The minimum Gasteiger partial charge on any atom is -0.507 e. The third kappa shape index (κ3) is 4.09. The second kappa shape index (κ2) is 10.7. The topological polar surface area (TPSA) is 95.0 Å². The summed E-state index contributed by atoms with van der Waals surface area (Å²) in [6.07, 6.45) is 5.61. The molecule has 228 valence electrons. The summed E-state index contributed by atoms with van der Waals surface area (Å²) >= 11 is 0. The lowest BCUT2D eigenvalue weighted by Crippen LogP contribution is -2.49.